The molecule has 0 saturated heterocycles. The summed E-state index contributed by atoms with van der Waals surface area (Å²) in [6.45, 7) is 0. The Morgan fingerprint density at radius 2 is 1.88 bits per heavy atom. The topological polar surface area (TPSA) is 64.7 Å². The number of nitrogens with two attached hydrogens (primary N) is 1. The normalized spacial score (nSPS) is 12.4. The van der Waals surface area contributed by atoms with Crippen LogP contribution in [0.15, 0.2) is 54.0 Å². The van der Waals surface area contributed by atoms with Gasteiger partial charge in [0.05, 0.1) is 17.4 Å². The van der Waals surface area contributed by atoms with Gasteiger partial charge >= 0.3 is 0 Å². The van der Waals surface area contributed by atoms with E-state index in [9.17, 15) is 4.39 Å². The van der Waals surface area contributed by atoms with Gasteiger partial charge in [0.1, 0.15) is 10.6 Å². The number of thiophene rings is 1. The van der Waals surface area contributed by atoms with Gasteiger partial charge in [0.2, 0.25) is 5.28 Å². The van der Waals surface area contributed by atoms with Crippen molar-refractivity contribution in [3.63, 3.8) is 0 Å². The number of benzene rings is 1. The molecule has 0 aliphatic heterocycles. The fourth-order valence-corrected chi connectivity index (χ4v) is 3.89. The van der Waals surface area contributed by atoms with E-state index < -0.39 is 6.04 Å². The molecule has 1 atom stereocenters. The highest BCUT2D eigenvalue weighted by Crippen LogP contribution is 2.37. The zero-order valence-electron chi connectivity index (χ0n) is 12.9. The fraction of sp³-hybridized carbons (Fsp3) is 0.0556. The van der Waals surface area contributed by atoms with Crippen LogP contribution in [-0.4, -0.2) is 15.0 Å². The van der Waals surface area contributed by atoms with Gasteiger partial charge in [-0.05, 0) is 41.4 Å². The monoisotopic (exact) mass is 370 g/mol. The van der Waals surface area contributed by atoms with Gasteiger partial charge in [-0.2, -0.15) is 0 Å². The number of rotatable bonds is 3. The Morgan fingerprint density at radius 3 is 2.60 bits per heavy atom. The maximum absolute atomic E-state index is 13.3. The standard InChI is InChI=1S/C18H12ClFN4S/c19-18-23-16(15(21)13-3-1-2-8-22-13)14-12(9-25-17(14)24-18)10-4-6-11(20)7-5-10/h1-9,15H,21H2. The second-order valence-electron chi connectivity index (χ2n) is 5.45. The van der Waals surface area contributed by atoms with Gasteiger partial charge in [-0.1, -0.05) is 18.2 Å². The van der Waals surface area contributed by atoms with Crippen molar-refractivity contribution in [2.75, 3.05) is 0 Å². The smallest absolute Gasteiger partial charge is 0.224 e. The molecular weight excluding hydrogens is 359 g/mol. The molecule has 25 heavy (non-hydrogen) atoms. The van der Waals surface area contributed by atoms with Crippen LogP contribution in [0.3, 0.4) is 0 Å². The highest BCUT2D eigenvalue weighted by molar-refractivity contribution is 7.17. The minimum Gasteiger partial charge on any atom is -0.318 e. The zero-order chi connectivity index (χ0) is 17.4. The number of pyridine rings is 1. The van der Waals surface area contributed by atoms with E-state index >= 15 is 0 Å². The summed E-state index contributed by atoms with van der Waals surface area (Å²) >= 11 is 7.54. The third kappa shape index (κ3) is 3.00. The van der Waals surface area contributed by atoms with E-state index in [1.807, 2.05) is 23.6 Å². The molecule has 0 fully saturated rings. The molecule has 0 saturated carbocycles. The summed E-state index contributed by atoms with van der Waals surface area (Å²) in [7, 11) is 0. The van der Waals surface area contributed by atoms with Crippen LogP contribution >= 0.6 is 22.9 Å². The number of aromatic nitrogens is 3. The average Bonchev–Trinajstić information content (AvgIpc) is 3.05. The van der Waals surface area contributed by atoms with Crippen LogP contribution in [0.25, 0.3) is 21.3 Å². The third-order valence-corrected chi connectivity index (χ3v) is 4.93. The van der Waals surface area contributed by atoms with E-state index in [0.29, 0.717) is 11.4 Å². The van der Waals surface area contributed by atoms with E-state index in [-0.39, 0.29) is 11.1 Å². The molecule has 4 rings (SSSR count). The first-order valence-electron chi connectivity index (χ1n) is 7.50. The van der Waals surface area contributed by atoms with Gasteiger partial charge in [-0.3, -0.25) is 4.98 Å². The minimum atomic E-state index is -0.544. The Kier molecular flexibility index (Phi) is 4.17. The van der Waals surface area contributed by atoms with Crippen molar-refractivity contribution in [3.8, 4) is 11.1 Å². The quantitative estimate of drug-likeness (QED) is 0.535. The predicted molar refractivity (Wildman–Crippen MR) is 98.1 cm³/mol. The molecule has 7 heteroatoms. The van der Waals surface area contributed by atoms with Crippen molar-refractivity contribution in [2.45, 2.75) is 6.04 Å². The summed E-state index contributed by atoms with van der Waals surface area (Å²) < 4.78 is 13.3. The summed E-state index contributed by atoms with van der Waals surface area (Å²) in [5.41, 5.74) is 9.48. The molecule has 3 heterocycles. The lowest BCUT2D eigenvalue weighted by atomic mass is 10.0. The Bertz CT molecular complexity index is 1030. The molecule has 124 valence electrons. The lowest BCUT2D eigenvalue weighted by molar-refractivity contribution is 0.628. The minimum absolute atomic E-state index is 0.140. The molecule has 0 aliphatic rings. The first-order valence-corrected chi connectivity index (χ1v) is 8.76. The first-order chi connectivity index (χ1) is 12.1. The van der Waals surface area contributed by atoms with Crippen LogP contribution < -0.4 is 5.73 Å². The molecule has 2 N–H and O–H groups in total. The number of hydrogen-bond donors (Lipinski definition) is 1. The maximum atomic E-state index is 13.3. The molecule has 0 amide bonds. The Labute approximate surface area is 152 Å². The van der Waals surface area contributed by atoms with Gasteiger partial charge in [-0.15, -0.1) is 11.3 Å². The molecule has 1 aromatic carbocycles. The van der Waals surface area contributed by atoms with Crippen LogP contribution in [0.5, 0.6) is 0 Å². The highest BCUT2D eigenvalue weighted by Gasteiger charge is 2.21. The number of nitrogens with zero attached hydrogens (tertiary/aromatic N) is 3. The summed E-state index contributed by atoms with van der Waals surface area (Å²) in [5.74, 6) is -0.284. The SMILES string of the molecule is NC(c1ccccn1)c1nc(Cl)nc2scc(-c3ccc(F)cc3)c12. The van der Waals surface area contributed by atoms with Crippen molar-refractivity contribution in [1.29, 1.82) is 0 Å². The van der Waals surface area contributed by atoms with Crippen molar-refractivity contribution in [1.82, 2.24) is 15.0 Å². The predicted octanol–water partition coefficient (Wildman–Crippen LogP) is 4.59. The van der Waals surface area contributed by atoms with E-state index in [4.69, 9.17) is 17.3 Å². The maximum Gasteiger partial charge on any atom is 0.224 e. The van der Waals surface area contributed by atoms with Crippen LogP contribution in [0, 0.1) is 5.82 Å². The Hall–Kier alpha value is -2.41. The first kappa shape index (κ1) is 16.1. The summed E-state index contributed by atoms with van der Waals surface area (Å²) in [4.78, 5) is 13.7. The third-order valence-electron chi connectivity index (χ3n) is 3.89. The number of hydrogen-bond acceptors (Lipinski definition) is 5. The molecule has 1 unspecified atom stereocenters. The lowest BCUT2D eigenvalue weighted by Crippen LogP contribution is -2.16. The summed E-state index contributed by atoms with van der Waals surface area (Å²) in [6.07, 6.45) is 1.68. The van der Waals surface area contributed by atoms with Crippen molar-refractivity contribution in [3.05, 3.63) is 76.5 Å². The average molecular weight is 371 g/mol. The highest BCUT2D eigenvalue weighted by atomic mass is 35.5. The lowest BCUT2D eigenvalue weighted by Gasteiger charge is -2.13. The summed E-state index contributed by atoms with van der Waals surface area (Å²) in [5, 5.41) is 2.91. The summed E-state index contributed by atoms with van der Waals surface area (Å²) in [6, 6.07) is 11.3. The van der Waals surface area contributed by atoms with Crippen LogP contribution in [-0.2, 0) is 0 Å². The van der Waals surface area contributed by atoms with Crippen molar-refractivity contribution in [2.24, 2.45) is 5.73 Å². The Morgan fingerprint density at radius 1 is 1.08 bits per heavy atom. The Balaban J connectivity index is 1.94. The fourth-order valence-electron chi connectivity index (χ4n) is 2.71. The van der Waals surface area contributed by atoms with Crippen molar-refractivity contribution >= 4 is 33.2 Å². The number of halogens is 2. The molecule has 4 nitrogen and oxygen atoms in total. The molecule has 4 aromatic rings. The second-order valence-corrected chi connectivity index (χ2v) is 6.64. The van der Waals surface area contributed by atoms with Gasteiger partial charge in [0, 0.05) is 22.5 Å². The second kappa shape index (κ2) is 6.48. The number of fused-ring (bicyclic) bond motifs is 1. The van der Waals surface area contributed by atoms with Gasteiger partial charge in [0.15, 0.2) is 0 Å². The molecular formula is C18H12ClFN4S. The van der Waals surface area contributed by atoms with Crippen LogP contribution in [0.4, 0.5) is 4.39 Å². The molecule has 0 spiro atoms. The van der Waals surface area contributed by atoms with Crippen molar-refractivity contribution < 1.29 is 4.39 Å². The largest absolute Gasteiger partial charge is 0.318 e. The van der Waals surface area contributed by atoms with Crippen LogP contribution in [0.2, 0.25) is 5.28 Å². The molecule has 3 aromatic heterocycles. The molecule has 0 aliphatic carbocycles. The van der Waals surface area contributed by atoms with E-state index in [0.717, 1.165) is 21.3 Å². The van der Waals surface area contributed by atoms with Crippen LogP contribution in [0.1, 0.15) is 17.4 Å². The van der Waals surface area contributed by atoms with Gasteiger partial charge in [-0.25, -0.2) is 14.4 Å². The van der Waals surface area contributed by atoms with E-state index in [1.54, 1.807) is 18.3 Å². The van der Waals surface area contributed by atoms with E-state index in [1.165, 1.54) is 23.5 Å². The van der Waals surface area contributed by atoms with Gasteiger partial charge < -0.3 is 5.73 Å². The molecule has 0 radical (unpaired) electrons. The van der Waals surface area contributed by atoms with Gasteiger partial charge in [0.25, 0.3) is 0 Å². The molecule has 0 bridgehead atoms. The zero-order valence-corrected chi connectivity index (χ0v) is 14.4. The van der Waals surface area contributed by atoms with E-state index in [2.05, 4.69) is 15.0 Å².